The van der Waals surface area contributed by atoms with Gasteiger partial charge in [-0.15, -0.1) is 0 Å². The van der Waals surface area contributed by atoms with E-state index in [2.05, 4.69) is 5.32 Å². The molecule has 1 amide bonds. The van der Waals surface area contributed by atoms with Crippen LogP contribution in [0.1, 0.15) is 73.0 Å². The molecule has 1 aromatic carbocycles. The van der Waals surface area contributed by atoms with Crippen molar-refractivity contribution >= 4 is 44.6 Å². The highest BCUT2D eigenvalue weighted by Gasteiger charge is 2.46. The van der Waals surface area contributed by atoms with Crippen molar-refractivity contribution in [2.75, 3.05) is 6.26 Å². The van der Waals surface area contributed by atoms with E-state index < -0.39 is 23.7 Å². The zero-order valence-corrected chi connectivity index (χ0v) is 25.6. The summed E-state index contributed by atoms with van der Waals surface area (Å²) in [5.74, 6) is -1.18. The molecule has 12 heteroatoms. The second-order valence-electron chi connectivity index (χ2n) is 11.1. The highest BCUT2D eigenvalue weighted by molar-refractivity contribution is 8.76. The van der Waals surface area contributed by atoms with Crippen LogP contribution in [0.15, 0.2) is 16.9 Å². The number of carbonyl (C=O) groups excluding carboxylic acids is 2. The fourth-order valence-electron chi connectivity index (χ4n) is 6.37. The first-order valence-electron chi connectivity index (χ1n) is 14.0. The van der Waals surface area contributed by atoms with Gasteiger partial charge < -0.3 is 24.5 Å². The zero-order chi connectivity index (χ0) is 30.1. The van der Waals surface area contributed by atoms with Gasteiger partial charge in [0, 0.05) is 27.8 Å². The number of esters is 1. The van der Waals surface area contributed by atoms with Crippen LogP contribution in [-0.4, -0.2) is 44.3 Å². The third-order valence-corrected chi connectivity index (χ3v) is 11.2. The summed E-state index contributed by atoms with van der Waals surface area (Å²) in [6, 6.07) is 2.57. The Morgan fingerprint density at radius 1 is 1.31 bits per heavy atom. The van der Waals surface area contributed by atoms with Gasteiger partial charge in [-0.25, -0.2) is 19.0 Å². The van der Waals surface area contributed by atoms with Crippen LogP contribution in [0.5, 0.6) is 0 Å². The largest absolute Gasteiger partial charge is 0.458 e. The van der Waals surface area contributed by atoms with Gasteiger partial charge in [0.15, 0.2) is 5.60 Å². The lowest BCUT2D eigenvalue weighted by molar-refractivity contribution is -0.172. The van der Waals surface area contributed by atoms with E-state index in [-0.39, 0.29) is 53.4 Å². The molecular formula is C30H32FN3O6S2. The summed E-state index contributed by atoms with van der Waals surface area (Å²) < 4.78 is 27.6. The number of aliphatic hydroxyl groups is 1. The first kappa shape index (κ1) is 29.0. The highest BCUT2D eigenvalue weighted by atomic mass is 33.1. The molecule has 4 heterocycles. The number of ether oxygens (including phenoxy) is 2. The predicted octanol–water partition coefficient (Wildman–Crippen LogP) is 5.03. The third kappa shape index (κ3) is 4.32. The molecule has 2 aliphatic heterocycles. The normalized spacial score (nSPS) is 21.7. The van der Waals surface area contributed by atoms with Gasteiger partial charge in [-0.05, 0) is 69.0 Å². The van der Waals surface area contributed by atoms with Crippen molar-refractivity contribution in [1.29, 1.82) is 0 Å². The topological polar surface area (TPSA) is 120 Å². The van der Waals surface area contributed by atoms with Crippen LogP contribution in [0.3, 0.4) is 0 Å². The summed E-state index contributed by atoms with van der Waals surface area (Å²) in [6.07, 6.45) is 2.18. The molecule has 0 fully saturated rings. The molecule has 0 saturated carbocycles. The van der Waals surface area contributed by atoms with Gasteiger partial charge >= 0.3 is 12.1 Å². The maximum absolute atomic E-state index is 15.1. The Balaban J connectivity index is 1.50. The van der Waals surface area contributed by atoms with Crippen LogP contribution in [0.2, 0.25) is 0 Å². The number of hydrogen-bond donors (Lipinski definition) is 2. The zero-order valence-electron chi connectivity index (χ0n) is 24.0. The average Bonchev–Trinajstić information content (AvgIpc) is 3.33. The van der Waals surface area contributed by atoms with E-state index >= 15 is 4.39 Å². The number of fused-ring (bicyclic) bond motifs is 5. The van der Waals surface area contributed by atoms with E-state index in [9.17, 15) is 19.5 Å². The Labute approximate surface area is 250 Å². The van der Waals surface area contributed by atoms with Gasteiger partial charge in [-0.2, -0.15) is 0 Å². The number of aryl methyl sites for hydroxylation is 1. The van der Waals surface area contributed by atoms with E-state index in [4.69, 9.17) is 14.5 Å². The Bertz CT molecular complexity index is 1730. The lowest BCUT2D eigenvalue weighted by Gasteiger charge is -2.31. The lowest BCUT2D eigenvalue weighted by Crippen LogP contribution is -2.44. The smallest absolute Gasteiger partial charge is 0.407 e. The quantitative estimate of drug-likeness (QED) is 0.228. The van der Waals surface area contributed by atoms with Crippen molar-refractivity contribution in [3.8, 4) is 11.4 Å². The molecule has 3 aromatic rings. The van der Waals surface area contributed by atoms with Crippen LogP contribution in [-0.2, 0) is 39.4 Å². The number of pyridine rings is 2. The van der Waals surface area contributed by atoms with Gasteiger partial charge in [-0.3, -0.25) is 4.79 Å². The van der Waals surface area contributed by atoms with E-state index in [0.717, 1.165) is 22.1 Å². The van der Waals surface area contributed by atoms with Crippen molar-refractivity contribution in [1.82, 2.24) is 14.9 Å². The summed E-state index contributed by atoms with van der Waals surface area (Å²) >= 11 is 0. The Kier molecular flexibility index (Phi) is 7.30. The molecule has 4 atom stereocenters. The summed E-state index contributed by atoms with van der Waals surface area (Å²) in [6.45, 7) is 7.19. The minimum Gasteiger partial charge on any atom is -0.458 e. The minimum absolute atomic E-state index is 0.0272. The number of benzene rings is 1. The van der Waals surface area contributed by atoms with Crippen LogP contribution < -0.4 is 10.9 Å². The Hall–Kier alpha value is -3.09. The Morgan fingerprint density at radius 3 is 2.79 bits per heavy atom. The van der Waals surface area contributed by atoms with Crippen molar-refractivity contribution < 1.29 is 28.6 Å². The number of rotatable bonds is 6. The number of nitrogens with zero attached hydrogens (tertiary/aromatic N) is 2. The molecule has 3 aliphatic rings. The highest BCUT2D eigenvalue weighted by Crippen LogP contribution is 2.46. The summed E-state index contributed by atoms with van der Waals surface area (Å²) in [5, 5.41) is 15.1. The number of cyclic esters (lactones) is 1. The molecular weight excluding hydrogens is 581 g/mol. The number of aromatic nitrogens is 2. The van der Waals surface area contributed by atoms with Gasteiger partial charge in [0.1, 0.15) is 18.5 Å². The molecule has 1 aliphatic carbocycles. The fraction of sp³-hybridized carbons (Fsp3) is 0.467. The average molecular weight is 614 g/mol. The molecule has 2 N–H and O–H groups in total. The van der Waals surface area contributed by atoms with Crippen molar-refractivity contribution in [2.24, 2.45) is 0 Å². The van der Waals surface area contributed by atoms with Gasteiger partial charge in [0.25, 0.3) is 5.56 Å². The first-order valence-corrected chi connectivity index (χ1v) is 16.6. The number of amides is 1. The van der Waals surface area contributed by atoms with Crippen LogP contribution in [0, 0.1) is 12.7 Å². The molecule has 42 heavy (non-hydrogen) atoms. The second-order valence-corrected chi connectivity index (χ2v) is 14.0. The molecule has 0 bridgehead atoms. The second kappa shape index (κ2) is 10.6. The lowest BCUT2D eigenvalue weighted by atomic mass is 9.81. The number of carbonyl (C=O) groups is 2. The standard InChI is InChI=1S/C30H32FN3O6S2/c1-6-30(38)19-9-23-26-17(11-34(23)27(35)18(19)12-39-28(30)36)25-21(33-29(37)40-14(3)15(4)42-41-5)8-7-16-13(2)20(31)10-22(32-26)24(16)25/h9-10,14-15,21,38H,6-8,11-12H2,1-5H3,(H,33,37)/t14-,15+,21+,30+/m1/s1. The van der Waals surface area contributed by atoms with E-state index in [1.165, 1.54) is 6.07 Å². The molecule has 0 radical (unpaired) electrons. The molecule has 0 unspecified atom stereocenters. The van der Waals surface area contributed by atoms with E-state index in [1.54, 1.807) is 46.1 Å². The van der Waals surface area contributed by atoms with E-state index in [0.29, 0.717) is 35.3 Å². The summed E-state index contributed by atoms with van der Waals surface area (Å²) in [7, 11) is 3.24. The molecule has 0 saturated heterocycles. The van der Waals surface area contributed by atoms with Gasteiger partial charge in [0.05, 0.1) is 35.1 Å². The molecule has 9 nitrogen and oxygen atoms in total. The number of nitrogens with one attached hydrogen (secondary N) is 1. The maximum atomic E-state index is 15.1. The summed E-state index contributed by atoms with van der Waals surface area (Å²) in [4.78, 5) is 44.3. The SMILES string of the molecule is CC[C@@]1(O)C(=O)OCc2c1cc1n(c2=O)Cc2c-1nc1cc(F)c(C)c3c1c2[C@@H](NC(=O)O[C@H](C)[C@H](C)SSC)CC3. The van der Waals surface area contributed by atoms with Crippen molar-refractivity contribution in [3.63, 3.8) is 0 Å². The maximum Gasteiger partial charge on any atom is 0.407 e. The molecule has 0 spiro atoms. The molecule has 222 valence electrons. The van der Waals surface area contributed by atoms with E-state index in [1.807, 2.05) is 20.1 Å². The third-order valence-electron chi connectivity index (χ3n) is 8.87. The van der Waals surface area contributed by atoms with Crippen LogP contribution >= 0.6 is 21.6 Å². The van der Waals surface area contributed by atoms with Crippen molar-refractivity contribution in [3.05, 3.63) is 61.7 Å². The summed E-state index contributed by atoms with van der Waals surface area (Å²) in [5.41, 5.74) is 2.31. The first-order chi connectivity index (χ1) is 20.0. The van der Waals surface area contributed by atoms with Crippen LogP contribution in [0.4, 0.5) is 9.18 Å². The fourth-order valence-corrected chi connectivity index (χ4v) is 8.27. The van der Waals surface area contributed by atoms with Gasteiger partial charge in [-0.1, -0.05) is 28.5 Å². The Morgan fingerprint density at radius 2 is 2.07 bits per heavy atom. The molecule has 6 rings (SSSR count). The number of hydrogen-bond acceptors (Lipinski definition) is 9. The van der Waals surface area contributed by atoms with Crippen LogP contribution in [0.25, 0.3) is 22.3 Å². The number of halogens is 1. The van der Waals surface area contributed by atoms with Gasteiger partial charge in [0.2, 0.25) is 0 Å². The molecule has 2 aromatic heterocycles. The number of alkyl carbamates (subject to hydrolysis) is 1. The van der Waals surface area contributed by atoms with Crippen molar-refractivity contribution in [2.45, 2.75) is 83.1 Å². The monoisotopic (exact) mass is 613 g/mol. The predicted molar refractivity (Wildman–Crippen MR) is 160 cm³/mol. The minimum atomic E-state index is -1.96.